The molecule has 1 aromatic heterocycles. The number of nitrogens with one attached hydrogen (secondary N) is 1. The number of benzene rings is 2. The lowest BCUT2D eigenvalue weighted by Crippen LogP contribution is -2.45. The van der Waals surface area contributed by atoms with Crippen LogP contribution in [0.2, 0.25) is 0 Å². The van der Waals surface area contributed by atoms with Crippen molar-refractivity contribution in [1.82, 2.24) is 14.8 Å². The van der Waals surface area contributed by atoms with Gasteiger partial charge in [0.1, 0.15) is 12.4 Å². The van der Waals surface area contributed by atoms with E-state index >= 15 is 0 Å². The molecule has 0 unspecified atom stereocenters. The molecule has 0 aliphatic carbocycles. The Morgan fingerprint density at radius 2 is 1.94 bits per heavy atom. The van der Waals surface area contributed by atoms with E-state index in [1.54, 1.807) is 41.8 Å². The molecule has 2 amide bonds. The van der Waals surface area contributed by atoms with Crippen LogP contribution in [-0.2, 0) is 14.3 Å². The molecule has 5 rings (SSSR count). The zero-order valence-electron chi connectivity index (χ0n) is 18.5. The van der Waals surface area contributed by atoms with E-state index in [0.29, 0.717) is 54.5 Å². The number of para-hydroxylation sites is 2. The van der Waals surface area contributed by atoms with Crippen LogP contribution in [0.1, 0.15) is 6.92 Å². The highest BCUT2D eigenvalue weighted by atomic mass is 32.2. The van der Waals surface area contributed by atoms with Gasteiger partial charge in [0.05, 0.1) is 35.5 Å². The number of rotatable bonds is 5. The van der Waals surface area contributed by atoms with Gasteiger partial charge >= 0.3 is 0 Å². The summed E-state index contributed by atoms with van der Waals surface area (Å²) in [6.07, 6.45) is 0. The zero-order chi connectivity index (χ0) is 23.7. The van der Waals surface area contributed by atoms with Crippen LogP contribution in [0, 0.1) is 5.82 Å². The molecule has 1 fully saturated rings. The number of carbonyl (C=O) groups is 2. The van der Waals surface area contributed by atoms with E-state index in [4.69, 9.17) is 4.74 Å². The van der Waals surface area contributed by atoms with Gasteiger partial charge in [-0.15, -0.1) is 10.2 Å². The van der Waals surface area contributed by atoms with Crippen LogP contribution in [0.5, 0.6) is 0 Å². The molecule has 11 heteroatoms. The predicted molar refractivity (Wildman–Crippen MR) is 127 cm³/mol. The maximum Gasteiger partial charge on any atom is 0.244 e. The van der Waals surface area contributed by atoms with E-state index in [-0.39, 0.29) is 24.2 Å². The first-order chi connectivity index (χ1) is 16.5. The SMILES string of the molecule is C[C@@H](Sc1nnc(N2CCOCC2)n1-c1cccc(F)c1)C(=O)N1CC(=O)Nc2ccccc21. The molecule has 1 atom stereocenters. The molecule has 0 radical (unpaired) electrons. The zero-order valence-corrected chi connectivity index (χ0v) is 19.3. The topological polar surface area (TPSA) is 92.6 Å². The van der Waals surface area contributed by atoms with E-state index in [2.05, 4.69) is 15.5 Å². The van der Waals surface area contributed by atoms with E-state index in [1.165, 1.54) is 28.8 Å². The maximum absolute atomic E-state index is 14.1. The highest BCUT2D eigenvalue weighted by Gasteiger charge is 2.32. The largest absolute Gasteiger partial charge is 0.378 e. The van der Waals surface area contributed by atoms with Crippen molar-refractivity contribution in [3.05, 3.63) is 54.3 Å². The third-order valence-corrected chi connectivity index (χ3v) is 6.67. The summed E-state index contributed by atoms with van der Waals surface area (Å²) in [6, 6.07) is 13.4. The highest BCUT2D eigenvalue weighted by Crippen LogP contribution is 2.34. The fraction of sp³-hybridized carbons (Fsp3) is 0.304. The number of halogens is 1. The summed E-state index contributed by atoms with van der Waals surface area (Å²) < 4.78 is 21.3. The molecule has 2 aliphatic heterocycles. The summed E-state index contributed by atoms with van der Waals surface area (Å²) in [6.45, 7) is 4.09. The van der Waals surface area contributed by atoms with Crippen molar-refractivity contribution in [2.45, 2.75) is 17.3 Å². The lowest BCUT2D eigenvalue weighted by Gasteiger charge is -2.31. The fourth-order valence-corrected chi connectivity index (χ4v) is 4.93. The van der Waals surface area contributed by atoms with Crippen LogP contribution in [0.4, 0.5) is 21.7 Å². The molecule has 9 nitrogen and oxygen atoms in total. The minimum Gasteiger partial charge on any atom is -0.378 e. The Kier molecular flexibility index (Phi) is 6.20. The van der Waals surface area contributed by atoms with Gasteiger partial charge in [0.25, 0.3) is 0 Å². The van der Waals surface area contributed by atoms with Gasteiger partial charge in [-0.25, -0.2) is 4.39 Å². The third-order valence-electron chi connectivity index (χ3n) is 5.64. The van der Waals surface area contributed by atoms with Crippen molar-refractivity contribution < 1.29 is 18.7 Å². The molecule has 3 heterocycles. The van der Waals surface area contributed by atoms with Gasteiger partial charge in [0.15, 0.2) is 5.16 Å². The van der Waals surface area contributed by atoms with E-state index in [9.17, 15) is 14.0 Å². The minimum absolute atomic E-state index is 0.0592. The predicted octanol–water partition coefficient (Wildman–Crippen LogP) is 2.71. The summed E-state index contributed by atoms with van der Waals surface area (Å²) in [5.41, 5.74) is 1.82. The van der Waals surface area contributed by atoms with E-state index < -0.39 is 5.25 Å². The van der Waals surface area contributed by atoms with Gasteiger partial charge in [-0.2, -0.15) is 0 Å². The van der Waals surface area contributed by atoms with E-state index in [0.717, 1.165) is 0 Å². The number of anilines is 3. The number of ether oxygens (including phenoxy) is 1. The molecular weight excluding hydrogens is 459 g/mol. The quantitative estimate of drug-likeness (QED) is 0.559. The van der Waals surface area contributed by atoms with Crippen molar-refractivity contribution in [3.63, 3.8) is 0 Å². The molecule has 2 aliphatic rings. The number of aromatic nitrogens is 3. The normalized spacial score (nSPS) is 16.7. The van der Waals surface area contributed by atoms with Crippen LogP contribution < -0.4 is 15.1 Å². The molecule has 0 bridgehead atoms. The molecular formula is C23H23FN6O3S. The van der Waals surface area contributed by atoms with Gasteiger partial charge in [-0.1, -0.05) is 30.0 Å². The summed E-state index contributed by atoms with van der Waals surface area (Å²) in [7, 11) is 0. The number of nitrogens with zero attached hydrogens (tertiary/aromatic N) is 5. The Labute approximate surface area is 199 Å². The molecule has 3 aromatic rings. The van der Waals surface area contributed by atoms with Crippen LogP contribution >= 0.6 is 11.8 Å². The average Bonchev–Trinajstić information content (AvgIpc) is 3.27. The Bertz CT molecular complexity index is 1230. The Morgan fingerprint density at radius 1 is 1.15 bits per heavy atom. The number of morpholine rings is 1. The number of amides is 2. The number of hydrogen-bond acceptors (Lipinski definition) is 7. The van der Waals surface area contributed by atoms with Crippen LogP contribution in [0.15, 0.2) is 53.7 Å². The van der Waals surface area contributed by atoms with Crippen molar-refractivity contribution >= 4 is 40.9 Å². The van der Waals surface area contributed by atoms with Gasteiger partial charge in [0.2, 0.25) is 17.8 Å². The molecule has 1 saturated heterocycles. The molecule has 0 spiro atoms. The molecule has 2 aromatic carbocycles. The van der Waals surface area contributed by atoms with Crippen LogP contribution in [0.25, 0.3) is 5.69 Å². The van der Waals surface area contributed by atoms with Gasteiger partial charge in [-0.3, -0.25) is 19.1 Å². The van der Waals surface area contributed by atoms with Crippen LogP contribution in [0.3, 0.4) is 0 Å². The molecule has 1 N–H and O–H groups in total. The lowest BCUT2D eigenvalue weighted by atomic mass is 10.2. The highest BCUT2D eigenvalue weighted by molar-refractivity contribution is 8.00. The number of carbonyl (C=O) groups excluding carboxylic acids is 2. The summed E-state index contributed by atoms with van der Waals surface area (Å²) in [5, 5.41) is 11.4. The van der Waals surface area contributed by atoms with E-state index in [1.807, 2.05) is 11.0 Å². The van der Waals surface area contributed by atoms with Crippen molar-refractivity contribution in [2.24, 2.45) is 0 Å². The molecule has 0 saturated carbocycles. The van der Waals surface area contributed by atoms with Crippen molar-refractivity contribution in [3.8, 4) is 5.69 Å². The molecule has 34 heavy (non-hydrogen) atoms. The maximum atomic E-state index is 14.1. The monoisotopic (exact) mass is 482 g/mol. The fourth-order valence-electron chi connectivity index (χ4n) is 4.01. The first-order valence-electron chi connectivity index (χ1n) is 10.9. The van der Waals surface area contributed by atoms with Crippen LogP contribution in [-0.4, -0.2) is 64.7 Å². The van der Waals surface area contributed by atoms with Gasteiger partial charge in [-0.05, 0) is 37.3 Å². The number of thioether (sulfide) groups is 1. The number of hydrogen-bond donors (Lipinski definition) is 1. The second-order valence-electron chi connectivity index (χ2n) is 7.95. The van der Waals surface area contributed by atoms with Crippen molar-refractivity contribution in [2.75, 3.05) is 48.0 Å². The standard InChI is InChI=1S/C23H23FN6O3S/c1-15(21(32)29-14-20(31)25-18-7-2-3-8-19(18)29)34-23-27-26-22(28-9-11-33-12-10-28)30(23)17-6-4-5-16(24)13-17/h2-8,13,15H,9-12,14H2,1H3,(H,25,31)/t15-/m1/s1. The van der Waals surface area contributed by atoms with Crippen molar-refractivity contribution in [1.29, 1.82) is 0 Å². The first-order valence-corrected chi connectivity index (χ1v) is 11.8. The Balaban J connectivity index is 1.46. The second kappa shape index (κ2) is 9.43. The number of fused-ring (bicyclic) bond motifs is 1. The minimum atomic E-state index is -0.576. The summed E-state index contributed by atoms with van der Waals surface area (Å²) in [5.74, 6) is -0.287. The molecule has 176 valence electrons. The Hall–Kier alpha value is -3.44. The second-order valence-corrected chi connectivity index (χ2v) is 9.26. The first kappa shape index (κ1) is 22.4. The Morgan fingerprint density at radius 3 is 2.74 bits per heavy atom. The third kappa shape index (κ3) is 4.36. The lowest BCUT2D eigenvalue weighted by molar-refractivity contribution is -0.121. The smallest absolute Gasteiger partial charge is 0.244 e. The summed E-state index contributed by atoms with van der Waals surface area (Å²) >= 11 is 1.22. The van der Waals surface area contributed by atoms with Gasteiger partial charge in [0, 0.05) is 13.1 Å². The van der Waals surface area contributed by atoms with Gasteiger partial charge < -0.3 is 15.0 Å². The average molecular weight is 483 g/mol. The summed E-state index contributed by atoms with van der Waals surface area (Å²) in [4.78, 5) is 29.1.